The van der Waals surface area contributed by atoms with Crippen LogP contribution in [0.5, 0.6) is 0 Å². The van der Waals surface area contributed by atoms with Crippen LogP contribution in [0.3, 0.4) is 0 Å². The van der Waals surface area contributed by atoms with Crippen molar-refractivity contribution < 1.29 is 4.79 Å². The summed E-state index contributed by atoms with van der Waals surface area (Å²) >= 11 is 6.06. The normalized spacial score (nSPS) is 24.1. The van der Waals surface area contributed by atoms with E-state index in [1.807, 2.05) is 6.07 Å². The molecule has 5 heteroatoms. The zero-order valence-electron chi connectivity index (χ0n) is 10.4. The molecule has 4 N–H and O–H groups in total. The van der Waals surface area contributed by atoms with E-state index in [9.17, 15) is 4.79 Å². The van der Waals surface area contributed by atoms with Gasteiger partial charge in [-0.15, -0.1) is 0 Å². The molecule has 1 fully saturated rings. The van der Waals surface area contributed by atoms with Gasteiger partial charge < -0.3 is 16.4 Å². The quantitative estimate of drug-likeness (QED) is 0.855. The van der Waals surface area contributed by atoms with Crippen molar-refractivity contribution in [2.24, 2.45) is 17.4 Å². The minimum absolute atomic E-state index is 0.184. The number of anilines is 1. The summed E-state index contributed by atoms with van der Waals surface area (Å²) in [5, 5.41) is 0.395. The Hall–Kier alpha value is -1.26. The van der Waals surface area contributed by atoms with Crippen molar-refractivity contribution in [1.82, 2.24) is 0 Å². The first-order valence-corrected chi connectivity index (χ1v) is 6.45. The summed E-state index contributed by atoms with van der Waals surface area (Å²) in [5.74, 6) is 0.0543. The lowest BCUT2D eigenvalue weighted by molar-refractivity contribution is 0.100. The van der Waals surface area contributed by atoms with Crippen LogP contribution in [0.4, 0.5) is 5.69 Å². The molecule has 0 spiro atoms. The highest BCUT2D eigenvalue weighted by Crippen LogP contribution is 2.27. The summed E-state index contributed by atoms with van der Waals surface area (Å²) in [4.78, 5) is 13.3. The SMILES string of the molecule is CC1CC(N)CN(c2ccc(C(N)=O)c(Cl)c2)C1. The van der Waals surface area contributed by atoms with Gasteiger partial charge in [0.1, 0.15) is 0 Å². The number of nitrogens with two attached hydrogens (primary N) is 2. The molecule has 0 aliphatic carbocycles. The molecule has 1 aliphatic heterocycles. The molecule has 0 aromatic heterocycles. The molecule has 98 valence electrons. The summed E-state index contributed by atoms with van der Waals surface area (Å²) in [6, 6.07) is 5.51. The maximum atomic E-state index is 11.1. The first-order valence-electron chi connectivity index (χ1n) is 6.07. The number of nitrogens with zero attached hydrogens (tertiary/aromatic N) is 1. The minimum atomic E-state index is -0.504. The highest BCUT2D eigenvalue weighted by molar-refractivity contribution is 6.34. The molecule has 1 aromatic carbocycles. The monoisotopic (exact) mass is 267 g/mol. The lowest BCUT2D eigenvalue weighted by Crippen LogP contribution is -2.46. The Labute approximate surface area is 112 Å². The van der Waals surface area contributed by atoms with Gasteiger partial charge in [0.15, 0.2) is 0 Å². The molecule has 18 heavy (non-hydrogen) atoms. The van der Waals surface area contributed by atoms with Crippen molar-refractivity contribution in [3.63, 3.8) is 0 Å². The van der Waals surface area contributed by atoms with Crippen LogP contribution >= 0.6 is 11.6 Å². The first-order chi connectivity index (χ1) is 8.47. The average molecular weight is 268 g/mol. The number of carbonyl (C=O) groups excluding carboxylic acids is 1. The fraction of sp³-hybridized carbons (Fsp3) is 0.462. The Morgan fingerprint density at radius 2 is 2.17 bits per heavy atom. The van der Waals surface area contributed by atoms with Crippen molar-refractivity contribution in [2.45, 2.75) is 19.4 Å². The van der Waals surface area contributed by atoms with E-state index in [1.165, 1.54) is 0 Å². The smallest absolute Gasteiger partial charge is 0.250 e. The average Bonchev–Trinajstić information content (AvgIpc) is 2.26. The number of piperidine rings is 1. The van der Waals surface area contributed by atoms with Crippen molar-refractivity contribution in [2.75, 3.05) is 18.0 Å². The highest BCUT2D eigenvalue weighted by atomic mass is 35.5. The third-order valence-electron chi connectivity index (χ3n) is 3.28. The van der Waals surface area contributed by atoms with E-state index in [2.05, 4.69) is 11.8 Å². The van der Waals surface area contributed by atoms with Gasteiger partial charge >= 0.3 is 0 Å². The lowest BCUT2D eigenvalue weighted by atomic mass is 9.96. The van der Waals surface area contributed by atoms with Gasteiger partial charge in [-0.1, -0.05) is 18.5 Å². The van der Waals surface area contributed by atoms with E-state index in [0.29, 0.717) is 16.5 Å². The highest BCUT2D eigenvalue weighted by Gasteiger charge is 2.22. The molecule has 1 aromatic rings. The topological polar surface area (TPSA) is 72.3 Å². The Morgan fingerprint density at radius 3 is 2.72 bits per heavy atom. The summed E-state index contributed by atoms with van der Waals surface area (Å²) in [5.41, 5.74) is 12.6. The van der Waals surface area contributed by atoms with Gasteiger partial charge in [-0.25, -0.2) is 0 Å². The van der Waals surface area contributed by atoms with E-state index in [1.54, 1.807) is 12.1 Å². The van der Waals surface area contributed by atoms with Crippen molar-refractivity contribution in [3.05, 3.63) is 28.8 Å². The number of primary amides is 1. The predicted octanol–water partition coefficient (Wildman–Crippen LogP) is 1.61. The largest absolute Gasteiger partial charge is 0.370 e. The number of benzene rings is 1. The van der Waals surface area contributed by atoms with E-state index < -0.39 is 5.91 Å². The van der Waals surface area contributed by atoms with Gasteiger partial charge in [-0.3, -0.25) is 4.79 Å². The van der Waals surface area contributed by atoms with Crippen LogP contribution in [0, 0.1) is 5.92 Å². The van der Waals surface area contributed by atoms with Crippen LogP contribution in [-0.2, 0) is 0 Å². The second-order valence-electron chi connectivity index (χ2n) is 5.03. The molecule has 1 amide bonds. The summed E-state index contributed by atoms with van der Waals surface area (Å²) < 4.78 is 0. The molecule has 1 saturated heterocycles. The number of hydrogen-bond donors (Lipinski definition) is 2. The molecule has 1 heterocycles. The van der Waals surface area contributed by atoms with Gasteiger partial charge in [0.25, 0.3) is 0 Å². The number of carbonyl (C=O) groups is 1. The molecule has 4 nitrogen and oxygen atoms in total. The predicted molar refractivity (Wildman–Crippen MR) is 73.9 cm³/mol. The number of rotatable bonds is 2. The van der Waals surface area contributed by atoms with Crippen LogP contribution < -0.4 is 16.4 Å². The molecule has 1 aliphatic rings. The van der Waals surface area contributed by atoms with Gasteiger partial charge in [-0.2, -0.15) is 0 Å². The Bertz CT molecular complexity index is 454. The lowest BCUT2D eigenvalue weighted by Gasteiger charge is -2.36. The van der Waals surface area contributed by atoms with E-state index in [4.69, 9.17) is 23.1 Å². The van der Waals surface area contributed by atoms with Crippen LogP contribution in [0.25, 0.3) is 0 Å². The van der Waals surface area contributed by atoms with E-state index in [-0.39, 0.29) is 6.04 Å². The van der Waals surface area contributed by atoms with Gasteiger partial charge in [-0.05, 0) is 30.5 Å². The standard InChI is InChI=1S/C13H18ClN3O/c1-8-4-9(15)7-17(6-8)10-2-3-11(13(16)18)12(14)5-10/h2-3,5,8-9H,4,6-7,15H2,1H3,(H2,16,18). The summed E-state index contributed by atoms with van der Waals surface area (Å²) in [7, 11) is 0. The van der Waals surface area contributed by atoms with Crippen LogP contribution in [-0.4, -0.2) is 25.0 Å². The number of amides is 1. The second-order valence-corrected chi connectivity index (χ2v) is 5.44. The zero-order chi connectivity index (χ0) is 13.3. The Balaban J connectivity index is 2.23. The molecule has 0 bridgehead atoms. The van der Waals surface area contributed by atoms with Crippen molar-refractivity contribution in [1.29, 1.82) is 0 Å². The molecular formula is C13H18ClN3O. The Kier molecular flexibility index (Phi) is 3.78. The maximum Gasteiger partial charge on any atom is 0.250 e. The second kappa shape index (κ2) is 5.16. The third-order valence-corrected chi connectivity index (χ3v) is 3.59. The molecule has 0 radical (unpaired) electrons. The third kappa shape index (κ3) is 2.76. The van der Waals surface area contributed by atoms with Crippen molar-refractivity contribution >= 4 is 23.2 Å². The van der Waals surface area contributed by atoms with Gasteiger partial charge in [0, 0.05) is 24.8 Å². The van der Waals surface area contributed by atoms with E-state index in [0.717, 1.165) is 25.2 Å². The first kappa shape index (κ1) is 13.2. The minimum Gasteiger partial charge on any atom is -0.370 e. The molecule has 2 unspecified atom stereocenters. The van der Waals surface area contributed by atoms with Crippen LogP contribution in [0.1, 0.15) is 23.7 Å². The van der Waals surface area contributed by atoms with Gasteiger partial charge in [0.2, 0.25) is 5.91 Å². The Morgan fingerprint density at radius 1 is 1.44 bits per heavy atom. The molecular weight excluding hydrogens is 250 g/mol. The van der Waals surface area contributed by atoms with E-state index >= 15 is 0 Å². The summed E-state index contributed by atoms with van der Waals surface area (Å²) in [6.07, 6.45) is 1.05. The van der Waals surface area contributed by atoms with Gasteiger partial charge in [0.05, 0.1) is 10.6 Å². The summed E-state index contributed by atoms with van der Waals surface area (Å²) in [6.45, 7) is 3.96. The fourth-order valence-corrected chi connectivity index (χ4v) is 2.78. The van der Waals surface area contributed by atoms with Crippen molar-refractivity contribution in [3.8, 4) is 0 Å². The van der Waals surface area contributed by atoms with Crippen LogP contribution in [0.2, 0.25) is 5.02 Å². The molecule has 0 saturated carbocycles. The number of hydrogen-bond acceptors (Lipinski definition) is 3. The zero-order valence-corrected chi connectivity index (χ0v) is 11.2. The maximum absolute atomic E-state index is 11.1. The molecule has 2 rings (SSSR count). The molecule has 2 atom stereocenters. The number of halogens is 1. The fourth-order valence-electron chi connectivity index (χ4n) is 2.51. The van der Waals surface area contributed by atoms with Crippen LogP contribution in [0.15, 0.2) is 18.2 Å².